The Labute approximate surface area is 114 Å². The highest BCUT2D eigenvalue weighted by Gasteiger charge is 2.27. The third kappa shape index (κ3) is 6.63. The average molecular weight is 296 g/mol. The number of rotatable bonds is 5. The summed E-state index contributed by atoms with van der Waals surface area (Å²) in [4.78, 5) is 22.2. The molecule has 0 unspecified atom stereocenters. The zero-order chi connectivity index (χ0) is 15.2. The third-order valence-corrected chi connectivity index (χ3v) is 3.33. The highest BCUT2D eigenvalue weighted by molar-refractivity contribution is 5.74. The van der Waals surface area contributed by atoms with Gasteiger partial charge in [-0.25, -0.2) is 4.79 Å². The van der Waals surface area contributed by atoms with Crippen LogP contribution in [0.2, 0.25) is 0 Å². The van der Waals surface area contributed by atoms with Crippen LogP contribution in [0.1, 0.15) is 38.5 Å². The van der Waals surface area contributed by atoms with Crippen LogP contribution in [0.15, 0.2) is 0 Å². The van der Waals surface area contributed by atoms with Crippen molar-refractivity contribution in [2.75, 3.05) is 6.54 Å². The fourth-order valence-corrected chi connectivity index (χ4v) is 2.21. The normalized spacial score (nSPS) is 23.1. The van der Waals surface area contributed by atoms with Gasteiger partial charge in [0.25, 0.3) is 0 Å². The number of halogens is 3. The monoisotopic (exact) mass is 296 g/mol. The number of carboxylic acid groups (broad SMARTS) is 1. The Bertz CT molecular complexity index is 339. The summed E-state index contributed by atoms with van der Waals surface area (Å²) in [6.07, 6.45) is -3.10. The van der Waals surface area contributed by atoms with Crippen LogP contribution >= 0.6 is 0 Å². The van der Waals surface area contributed by atoms with E-state index < -0.39 is 24.6 Å². The zero-order valence-corrected chi connectivity index (χ0v) is 11.0. The van der Waals surface area contributed by atoms with Crippen LogP contribution in [0, 0.1) is 5.92 Å². The molecule has 0 aromatic carbocycles. The summed E-state index contributed by atoms with van der Waals surface area (Å²) in [6.45, 7) is -0.0319. The molecule has 0 aromatic heterocycles. The summed E-state index contributed by atoms with van der Waals surface area (Å²) < 4.78 is 35.6. The first-order valence-electron chi connectivity index (χ1n) is 6.62. The second kappa shape index (κ2) is 7.35. The third-order valence-electron chi connectivity index (χ3n) is 3.33. The van der Waals surface area contributed by atoms with Gasteiger partial charge in [0.05, 0.1) is 5.92 Å². The van der Waals surface area contributed by atoms with Crippen LogP contribution in [-0.2, 0) is 4.79 Å². The lowest BCUT2D eigenvalue weighted by Crippen LogP contribution is -2.44. The van der Waals surface area contributed by atoms with Gasteiger partial charge in [0.1, 0.15) is 0 Å². The van der Waals surface area contributed by atoms with Gasteiger partial charge in [-0.05, 0) is 32.1 Å². The number of nitrogens with one attached hydrogen (secondary N) is 2. The number of alkyl halides is 3. The molecule has 8 heteroatoms. The van der Waals surface area contributed by atoms with Gasteiger partial charge in [-0.3, -0.25) is 4.79 Å². The Hall–Kier alpha value is -1.47. The van der Waals surface area contributed by atoms with E-state index in [0.29, 0.717) is 25.7 Å². The Balaban J connectivity index is 2.13. The molecular formula is C12H19F3N2O3. The van der Waals surface area contributed by atoms with E-state index in [1.807, 2.05) is 0 Å². The largest absolute Gasteiger partial charge is 0.481 e. The standard InChI is InChI=1S/C12H19F3N2O3/c13-12(14,15)6-1-7-16-11(20)17-9-4-2-8(3-5-9)10(18)19/h8-9H,1-7H2,(H,18,19)(H2,16,17,20). The first-order chi connectivity index (χ1) is 9.28. The minimum absolute atomic E-state index is 0.0319. The van der Waals surface area contributed by atoms with Crippen molar-refractivity contribution in [3.8, 4) is 0 Å². The maximum absolute atomic E-state index is 11.9. The van der Waals surface area contributed by atoms with Crippen molar-refractivity contribution < 1.29 is 27.9 Å². The summed E-state index contributed by atoms with van der Waals surface area (Å²) >= 11 is 0. The van der Waals surface area contributed by atoms with Gasteiger partial charge in [0.15, 0.2) is 0 Å². The van der Waals surface area contributed by atoms with E-state index in [0.717, 1.165) is 0 Å². The Morgan fingerprint density at radius 1 is 1.15 bits per heavy atom. The minimum atomic E-state index is -4.20. The second-order valence-electron chi connectivity index (χ2n) is 5.01. The molecule has 1 saturated carbocycles. The van der Waals surface area contributed by atoms with Crippen molar-refractivity contribution in [1.82, 2.24) is 10.6 Å². The van der Waals surface area contributed by atoms with Crippen LogP contribution in [-0.4, -0.2) is 35.9 Å². The molecule has 0 spiro atoms. The molecule has 3 N–H and O–H groups in total. The first kappa shape index (κ1) is 16.6. The van der Waals surface area contributed by atoms with Gasteiger partial charge in [0.2, 0.25) is 0 Å². The zero-order valence-electron chi connectivity index (χ0n) is 11.0. The van der Waals surface area contributed by atoms with Crippen molar-refractivity contribution in [2.45, 2.75) is 50.7 Å². The molecule has 2 amide bonds. The van der Waals surface area contributed by atoms with Crippen LogP contribution in [0.25, 0.3) is 0 Å². The quantitative estimate of drug-likeness (QED) is 0.681. The molecule has 0 heterocycles. The number of hydrogen-bond donors (Lipinski definition) is 3. The predicted octanol–water partition coefficient (Wildman–Crippen LogP) is 2.27. The van der Waals surface area contributed by atoms with Crippen LogP contribution in [0.5, 0.6) is 0 Å². The number of carboxylic acids is 1. The fraction of sp³-hybridized carbons (Fsp3) is 0.833. The number of urea groups is 1. The van der Waals surface area contributed by atoms with Crippen LogP contribution in [0.4, 0.5) is 18.0 Å². The topological polar surface area (TPSA) is 78.4 Å². The van der Waals surface area contributed by atoms with Crippen molar-refractivity contribution in [2.24, 2.45) is 5.92 Å². The van der Waals surface area contributed by atoms with Crippen LogP contribution in [0.3, 0.4) is 0 Å². The van der Waals surface area contributed by atoms with Gasteiger partial charge in [0, 0.05) is 19.0 Å². The Morgan fingerprint density at radius 3 is 2.25 bits per heavy atom. The predicted molar refractivity (Wildman–Crippen MR) is 65.2 cm³/mol. The summed E-state index contributed by atoms with van der Waals surface area (Å²) in [7, 11) is 0. The molecule has 20 heavy (non-hydrogen) atoms. The summed E-state index contributed by atoms with van der Waals surface area (Å²) in [5.74, 6) is -1.18. The lowest BCUT2D eigenvalue weighted by Gasteiger charge is -2.26. The van der Waals surface area contributed by atoms with Gasteiger partial charge < -0.3 is 15.7 Å². The van der Waals surface area contributed by atoms with E-state index in [1.165, 1.54) is 0 Å². The average Bonchev–Trinajstić information content (AvgIpc) is 2.34. The molecule has 0 aliphatic heterocycles. The maximum Gasteiger partial charge on any atom is 0.389 e. The highest BCUT2D eigenvalue weighted by Crippen LogP contribution is 2.24. The summed E-state index contributed by atoms with van der Waals surface area (Å²) in [5, 5.41) is 13.8. The molecule has 0 bridgehead atoms. The van der Waals surface area contributed by atoms with E-state index in [2.05, 4.69) is 10.6 Å². The van der Waals surface area contributed by atoms with Crippen molar-refractivity contribution in [3.05, 3.63) is 0 Å². The van der Waals surface area contributed by atoms with Gasteiger partial charge in [-0.15, -0.1) is 0 Å². The number of amides is 2. The molecule has 0 radical (unpaired) electrons. The van der Waals surface area contributed by atoms with Crippen molar-refractivity contribution in [3.63, 3.8) is 0 Å². The van der Waals surface area contributed by atoms with E-state index >= 15 is 0 Å². The van der Waals surface area contributed by atoms with Crippen molar-refractivity contribution >= 4 is 12.0 Å². The fourth-order valence-electron chi connectivity index (χ4n) is 2.21. The Kier molecular flexibility index (Phi) is 6.09. The number of carbonyl (C=O) groups excluding carboxylic acids is 1. The minimum Gasteiger partial charge on any atom is -0.481 e. The lowest BCUT2D eigenvalue weighted by molar-refractivity contribution is -0.143. The van der Waals surface area contributed by atoms with E-state index in [-0.39, 0.29) is 24.9 Å². The smallest absolute Gasteiger partial charge is 0.389 e. The molecule has 0 atom stereocenters. The SMILES string of the molecule is O=C(NCCCC(F)(F)F)NC1CCC(C(=O)O)CC1. The van der Waals surface area contributed by atoms with E-state index in [9.17, 15) is 22.8 Å². The molecule has 1 fully saturated rings. The van der Waals surface area contributed by atoms with E-state index in [4.69, 9.17) is 5.11 Å². The summed E-state index contributed by atoms with van der Waals surface area (Å²) in [6, 6.07) is -0.598. The number of hydrogen-bond acceptors (Lipinski definition) is 2. The van der Waals surface area contributed by atoms with E-state index in [1.54, 1.807) is 0 Å². The molecule has 0 aromatic rings. The molecule has 116 valence electrons. The molecule has 5 nitrogen and oxygen atoms in total. The number of carbonyl (C=O) groups is 2. The number of aliphatic carboxylic acids is 1. The van der Waals surface area contributed by atoms with Crippen molar-refractivity contribution in [1.29, 1.82) is 0 Å². The summed E-state index contributed by atoms with van der Waals surface area (Å²) in [5.41, 5.74) is 0. The second-order valence-corrected chi connectivity index (χ2v) is 5.01. The molecule has 1 aliphatic rings. The molecule has 1 rings (SSSR count). The Morgan fingerprint density at radius 2 is 1.75 bits per heavy atom. The molecule has 0 saturated heterocycles. The van der Waals surface area contributed by atoms with Crippen LogP contribution < -0.4 is 10.6 Å². The molecule has 1 aliphatic carbocycles. The van der Waals surface area contributed by atoms with Gasteiger partial charge in [-0.1, -0.05) is 0 Å². The first-order valence-corrected chi connectivity index (χ1v) is 6.62. The maximum atomic E-state index is 11.9. The van der Waals surface area contributed by atoms with Gasteiger partial charge >= 0.3 is 18.2 Å². The lowest BCUT2D eigenvalue weighted by atomic mass is 9.86. The molecular weight excluding hydrogens is 277 g/mol. The highest BCUT2D eigenvalue weighted by atomic mass is 19.4. The van der Waals surface area contributed by atoms with Gasteiger partial charge in [-0.2, -0.15) is 13.2 Å².